The zero-order valence-electron chi connectivity index (χ0n) is 19.8. The molecule has 0 bridgehead atoms. The lowest BCUT2D eigenvalue weighted by molar-refractivity contribution is -0.116. The van der Waals surface area contributed by atoms with E-state index in [-0.39, 0.29) is 28.8 Å². The number of rotatable bonds is 6. The Balaban J connectivity index is 1.42. The molecule has 0 radical (unpaired) electrons. The number of hydrogen-bond donors (Lipinski definition) is 2. The number of nitrogens with zero attached hydrogens (tertiary/aromatic N) is 4. The van der Waals surface area contributed by atoms with Crippen molar-refractivity contribution in [2.24, 2.45) is 5.73 Å². The molecule has 12 heteroatoms. The highest BCUT2D eigenvalue weighted by molar-refractivity contribution is 9.10. The number of allylic oxidation sites excluding steroid dienone is 3. The summed E-state index contributed by atoms with van der Waals surface area (Å²) in [6.45, 7) is 0. The van der Waals surface area contributed by atoms with Gasteiger partial charge in [-0.25, -0.2) is 0 Å². The largest absolute Gasteiger partial charge is 0.384 e. The third-order valence-corrected chi connectivity index (χ3v) is 9.19. The number of halogens is 2. The zero-order valence-corrected chi connectivity index (χ0v) is 23.8. The highest BCUT2D eigenvalue weighted by atomic mass is 79.9. The molecule has 3 N–H and O–H groups in total. The normalized spacial score (nSPS) is 17.3. The van der Waals surface area contributed by atoms with Crippen molar-refractivity contribution in [3.05, 3.63) is 86.3 Å². The molecule has 0 spiro atoms. The van der Waals surface area contributed by atoms with E-state index in [9.17, 15) is 14.9 Å². The molecule has 2 heterocycles. The number of nitrogens with two attached hydrogens (primary N) is 1. The van der Waals surface area contributed by atoms with Gasteiger partial charge in [0.1, 0.15) is 5.82 Å². The minimum absolute atomic E-state index is 0.00441. The molecule has 0 saturated carbocycles. The fraction of sp³-hybridized carbons (Fsp3) is 0.192. The summed E-state index contributed by atoms with van der Waals surface area (Å²) in [6, 6.07) is 16.7. The van der Waals surface area contributed by atoms with Gasteiger partial charge in [-0.2, -0.15) is 5.26 Å². The summed E-state index contributed by atoms with van der Waals surface area (Å²) in [4.78, 5) is 27.4. The Morgan fingerprint density at radius 3 is 2.74 bits per heavy atom. The Kier molecular flexibility index (Phi) is 7.85. The smallest absolute Gasteiger partial charge is 0.234 e. The molecule has 1 unspecified atom stereocenters. The number of ketones is 1. The molecule has 0 fully saturated rings. The van der Waals surface area contributed by atoms with E-state index in [0.29, 0.717) is 45.0 Å². The van der Waals surface area contributed by atoms with Gasteiger partial charge in [0.05, 0.1) is 23.3 Å². The summed E-state index contributed by atoms with van der Waals surface area (Å²) in [5.74, 6) is -0.404. The average Bonchev–Trinajstić information content (AvgIpc) is 3.37. The molecule has 192 valence electrons. The predicted octanol–water partition coefficient (Wildman–Crippen LogP) is 5.99. The molecule has 1 amide bonds. The van der Waals surface area contributed by atoms with Crippen molar-refractivity contribution in [1.82, 2.24) is 10.2 Å². The maximum atomic E-state index is 13.3. The van der Waals surface area contributed by atoms with Crippen LogP contribution in [0.3, 0.4) is 0 Å². The monoisotopic (exact) mass is 626 g/mol. The van der Waals surface area contributed by atoms with E-state index in [0.717, 1.165) is 15.7 Å². The summed E-state index contributed by atoms with van der Waals surface area (Å²) < 4.78 is 1.37. The fourth-order valence-electron chi connectivity index (χ4n) is 4.53. The van der Waals surface area contributed by atoms with Crippen LogP contribution >= 0.6 is 50.6 Å². The standard InChI is InChI=1S/C26H20BrClN6O2S2/c27-18-5-2-1-4-16(18)22-17(12-29)24(30)34(19-6-3-7-20(35)23(19)22)25-32-33-26(38-25)37-13-21(36)31-15-10-8-14(28)9-11-15/h1-2,4-5,8-11,22H,3,6-7,13,30H2,(H,31,36). The average molecular weight is 628 g/mol. The maximum Gasteiger partial charge on any atom is 0.234 e. The zero-order chi connectivity index (χ0) is 26.8. The number of hydrogen-bond acceptors (Lipinski definition) is 9. The SMILES string of the molecule is N#CC1=C(N)N(c2nnc(SCC(=O)Nc3ccc(Cl)cc3)s2)C2=C(C(=O)CCC2)C1c1ccccc1Br. The van der Waals surface area contributed by atoms with Crippen LogP contribution in [0.25, 0.3) is 0 Å². The molecule has 2 aliphatic rings. The summed E-state index contributed by atoms with van der Waals surface area (Å²) in [5, 5.41) is 22.6. The van der Waals surface area contributed by atoms with Crippen molar-refractivity contribution in [1.29, 1.82) is 5.26 Å². The molecule has 1 aliphatic carbocycles. The number of nitriles is 1. The third kappa shape index (κ3) is 5.22. The van der Waals surface area contributed by atoms with Gasteiger partial charge in [-0.15, -0.1) is 10.2 Å². The first-order valence-electron chi connectivity index (χ1n) is 11.6. The second kappa shape index (κ2) is 11.3. The van der Waals surface area contributed by atoms with Gasteiger partial charge in [0.15, 0.2) is 10.1 Å². The molecule has 1 aliphatic heterocycles. The van der Waals surface area contributed by atoms with Crippen LogP contribution in [0.5, 0.6) is 0 Å². The lowest BCUT2D eigenvalue weighted by Crippen LogP contribution is -2.38. The van der Waals surface area contributed by atoms with Gasteiger partial charge in [-0.1, -0.05) is 68.8 Å². The van der Waals surface area contributed by atoms with Crippen molar-refractivity contribution < 1.29 is 9.59 Å². The molecule has 1 atom stereocenters. The first kappa shape index (κ1) is 26.4. The molecular weight excluding hydrogens is 608 g/mol. The van der Waals surface area contributed by atoms with Crippen molar-refractivity contribution in [2.75, 3.05) is 16.0 Å². The number of anilines is 2. The van der Waals surface area contributed by atoms with E-state index < -0.39 is 5.92 Å². The number of amides is 1. The van der Waals surface area contributed by atoms with E-state index >= 15 is 0 Å². The first-order valence-corrected chi connectivity index (χ1v) is 14.6. The van der Waals surface area contributed by atoms with E-state index in [1.165, 1.54) is 23.1 Å². The number of nitrogens with one attached hydrogen (secondary N) is 1. The Hall–Kier alpha value is -3.17. The summed E-state index contributed by atoms with van der Waals surface area (Å²) >= 11 is 12.0. The molecular formula is C26H20BrClN6O2S2. The van der Waals surface area contributed by atoms with Gasteiger partial charge >= 0.3 is 0 Å². The van der Waals surface area contributed by atoms with Crippen LogP contribution in [0.4, 0.5) is 10.8 Å². The number of carbonyl (C=O) groups excluding carboxylic acids is 2. The number of Topliss-reactive ketones (excluding diaryl/α,β-unsaturated/α-hetero) is 1. The van der Waals surface area contributed by atoms with Gasteiger partial charge in [-0.05, 0) is 48.7 Å². The van der Waals surface area contributed by atoms with Crippen LogP contribution in [-0.2, 0) is 9.59 Å². The molecule has 38 heavy (non-hydrogen) atoms. The van der Waals surface area contributed by atoms with E-state index in [1.54, 1.807) is 29.2 Å². The van der Waals surface area contributed by atoms with Crippen LogP contribution in [-0.4, -0.2) is 27.6 Å². The molecule has 0 saturated heterocycles. The maximum absolute atomic E-state index is 13.3. The van der Waals surface area contributed by atoms with Crippen LogP contribution in [0.15, 0.2) is 80.0 Å². The molecule has 2 aromatic carbocycles. The van der Waals surface area contributed by atoms with E-state index in [2.05, 4.69) is 37.5 Å². The van der Waals surface area contributed by atoms with Crippen LogP contribution in [0, 0.1) is 11.3 Å². The van der Waals surface area contributed by atoms with Crippen LogP contribution in [0.1, 0.15) is 30.7 Å². The van der Waals surface area contributed by atoms with Crippen molar-refractivity contribution >= 4 is 73.1 Å². The van der Waals surface area contributed by atoms with Gasteiger partial charge in [0.25, 0.3) is 0 Å². The highest BCUT2D eigenvalue weighted by Crippen LogP contribution is 2.48. The third-order valence-electron chi connectivity index (χ3n) is 6.17. The summed E-state index contributed by atoms with van der Waals surface area (Å²) in [5.41, 5.74) is 9.67. The van der Waals surface area contributed by atoms with Gasteiger partial charge < -0.3 is 11.1 Å². The number of carbonyl (C=O) groups is 2. The van der Waals surface area contributed by atoms with E-state index in [4.69, 9.17) is 17.3 Å². The lowest BCUT2D eigenvalue weighted by Gasteiger charge is -2.38. The number of aromatic nitrogens is 2. The highest BCUT2D eigenvalue weighted by Gasteiger charge is 2.41. The fourth-order valence-corrected chi connectivity index (χ4v) is 6.85. The molecule has 8 nitrogen and oxygen atoms in total. The minimum atomic E-state index is -0.562. The van der Waals surface area contributed by atoms with Crippen molar-refractivity contribution in [3.63, 3.8) is 0 Å². The summed E-state index contributed by atoms with van der Waals surface area (Å²) in [6.07, 6.45) is 1.70. The number of benzene rings is 2. The Labute approximate surface area is 240 Å². The molecule has 5 rings (SSSR count). The van der Waals surface area contributed by atoms with Gasteiger partial charge in [0, 0.05) is 32.9 Å². The summed E-state index contributed by atoms with van der Waals surface area (Å²) in [7, 11) is 0. The predicted molar refractivity (Wildman–Crippen MR) is 153 cm³/mol. The van der Waals surface area contributed by atoms with Crippen LogP contribution in [0.2, 0.25) is 5.02 Å². The second-order valence-electron chi connectivity index (χ2n) is 8.53. The molecule has 1 aromatic heterocycles. The number of thioether (sulfide) groups is 1. The molecule has 3 aromatic rings. The quantitative estimate of drug-likeness (QED) is 0.319. The van der Waals surface area contributed by atoms with Crippen molar-refractivity contribution in [2.45, 2.75) is 29.5 Å². The topological polar surface area (TPSA) is 125 Å². The van der Waals surface area contributed by atoms with Crippen molar-refractivity contribution in [3.8, 4) is 6.07 Å². The minimum Gasteiger partial charge on any atom is -0.384 e. The Morgan fingerprint density at radius 1 is 1.24 bits per heavy atom. The second-order valence-corrected chi connectivity index (χ2v) is 12.0. The van der Waals surface area contributed by atoms with Gasteiger partial charge in [0.2, 0.25) is 11.0 Å². The Bertz CT molecular complexity index is 1530. The first-order chi connectivity index (χ1) is 18.4. The Morgan fingerprint density at radius 2 is 2.00 bits per heavy atom. The van der Waals surface area contributed by atoms with E-state index in [1.807, 2.05) is 24.3 Å². The lowest BCUT2D eigenvalue weighted by atomic mass is 9.76. The van der Waals surface area contributed by atoms with Gasteiger partial charge in [-0.3, -0.25) is 14.5 Å². The van der Waals surface area contributed by atoms with Crippen LogP contribution < -0.4 is 16.0 Å².